The molecular weight excluding hydrogens is 338 g/mol. The van der Waals surface area contributed by atoms with Crippen LogP contribution >= 0.6 is 0 Å². The average molecular weight is 357 g/mol. The minimum absolute atomic E-state index is 0.656. The van der Waals surface area contributed by atoms with Crippen LogP contribution in [0.15, 0.2) is 91.0 Å². The third-order valence-electron chi connectivity index (χ3n) is 6.69. The van der Waals surface area contributed by atoms with Gasteiger partial charge in [-0.2, -0.15) is 0 Å². The molecule has 5 aromatic rings. The first-order valence-corrected chi connectivity index (χ1v) is 10.1. The summed E-state index contributed by atoms with van der Waals surface area (Å²) >= 11 is 0. The number of hydrogen-bond donors (Lipinski definition) is 0. The molecule has 28 heavy (non-hydrogen) atoms. The summed E-state index contributed by atoms with van der Waals surface area (Å²) in [6.45, 7) is 0. The summed E-state index contributed by atoms with van der Waals surface area (Å²) < 4.78 is 2.50. The lowest BCUT2D eigenvalue weighted by molar-refractivity contribution is 0.988. The van der Waals surface area contributed by atoms with E-state index in [1.54, 1.807) is 5.56 Å². The molecule has 1 nitrogen and oxygen atoms in total. The normalized spacial score (nSPS) is 19.3. The highest BCUT2D eigenvalue weighted by Crippen LogP contribution is 2.64. The van der Waals surface area contributed by atoms with Crippen molar-refractivity contribution < 1.29 is 0 Å². The molecule has 1 heterocycles. The monoisotopic (exact) mass is 357 g/mol. The summed E-state index contributed by atoms with van der Waals surface area (Å²) in [7, 11) is 0. The van der Waals surface area contributed by atoms with Crippen molar-refractivity contribution in [3.05, 3.63) is 102 Å². The Morgan fingerprint density at radius 1 is 0.679 bits per heavy atom. The van der Waals surface area contributed by atoms with E-state index >= 15 is 0 Å². The zero-order chi connectivity index (χ0) is 18.2. The molecule has 132 valence electrons. The lowest BCUT2D eigenvalue weighted by Gasteiger charge is -2.19. The van der Waals surface area contributed by atoms with Gasteiger partial charge in [-0.3, -0.25) is 0 Å². The third kappa shape index (κ3) is 1.77. The van der Waals surface area contributed by atoms with E-state index in [2.05, 4.69) is 95.6 Å². The molecule has 1 aromatic heterocycles. The fourth-order valence-corrected chi connectivity index (χ4v) is 5.45. The Hall–Kier alpha value is -3.32. The van der Waals surface area contributed by atoms with Crippen LogP contribution in [0.4, 0.5) is 0 Å². The summed E-state index contributed by atoms with van der Waals surface area (Å²) in [5, 5.41) is 4.17. The Balaban J connectivity index is 1.73. The molecule has 0 saturated heterocycles. The molecule has 1 heteroatoms. The van der Waals surface area contributed by atoms with Gasteiger partial charge in [-0.1, -0.05) is 72.8 Å². The van der Waals surface area contributed by atoms with Crippen LogP contribution < -0.4 is 0 Å². The van der Waals surface area contributed by atoms with E-state index in [4.69, 9.17) is 0 Å². The van der Waals surface area contributed by atoms with Crippen LogP contribution in [0, 0.1) is 0 Å². The zero-order valence-corrected chi connectivity index (χ0v) is 15.5. The molecule has 7 rings (SSSR count). The van der Waals surface area contributed by atoms with E-state index in [1.807, 2.05) is 0 Å². The molecule has 1 saturated carbocycles. The second kappa shape index (κ2) is 5.14. The summed E-state index contributed by atoms with van der Waals surface area (Å²) in [5.41, 5.74) is 8.51. The van der Waals surface area contributed by atoms with Gasteiger partial charge >= 0.3 is 0 Å². The molecular formula is C27H19N. The van der Waals surface area contributed by atoms with Crippen LogP contribution in [0.5, 0.6) is 0 Å². The Labute approximate surface area is 163 Å². The molecule has 0 radical (unpaired) electrons. The van der Waals surface area contributed by atoms with E-state index in [0.29, 0.717) is 11.8 Å². The smallest absolute Gasteiger partial charge is 0.0579 e. The molecule has 0 aliphatic heterocycles. The summed E-state index contributed by atoms with van der Waals surface area (Å²) in [6, 6.07) is 33.4. The van der Waals surface area contributed by atoms with E-state index in [0.717, 1.165) is 0 Å². The minimum atomic E-state index is 0.656. The Morgan fingerprint density at radius 2 is 1.46 bits per heavy atom. The van der Waals surface area contributed by atoms with E-state index in [9.17, 15) is 0 Å². The van der Waals surface area contributed by atoms with Crippen molar-refractivity contribution in [2.75, 3.05) is 0 Å². The molecule has 2 unspecified atom stereocenters. The number of benzene rings is 4. The fraction of sp³-hybridized carbons (Fsp3) is 0.111. The van der Waals surface area contributed by atoms with Crippen LogP contribution in [-0.4, -0.2) is 4.57 Å². The molecule has 0 N–H and O–H groups in total. The summed E-state index contributed by atoms with van der Waals surface area (Å²) in [6.07, 6.45) is 1.28. The number of rotatable bonds is 1. The van der Waals surface area contributed by atoms with Gasteiger partial charge in [0.15, 0.2) is 0 Å². The van der Waals surface area contributed by atoms with Gasteiger partial charge in [-0.05, 0) is 58.4 Å². The Bertz CT molecular complexity index is 1390. The lowest BCUT2D eigenvalue weighted by atomic mass is 9.88. The molecule has 4 aromatic carbocycles. The van der Waals surface area contributed by atoms with Crippen molar-refractivity contribution in [3.63, 3.8) is 0 Å². The first-order chi connectivity index (χ1) is 13.9. The number of para-hydroxylation sites is 1. The van der Waals surface area contributed by atoms with Crippen LogP contribution in [0.3, 0.4) is 0 Å². The highest BCUT2D eigenvalue weighted by molar-refractivity contribution is 6.12. The average Bonchev–Trinajstić information content (AvgIpc) is 3.49. The van der Waals surface area contributed by atoms with Crippen LogP contribution in [0.25, 0.3) is 38.6 Å². The van der Waals surface area contributed by atoms with Crippen LogP contribution in [-0.2, 0) is 0 Å². The van der Waals surface area contributed by atoms with Crippen molar-refractivity contribution in [1.82, 2.24) is 4.57 Å². The van der Waals surface area contributed by atoms with Crippen LogP contribution in [0.2, 0.25) is 0 Å². The molecule has 2 aliphatic rings. The van der Waals surface area contributed by atoms with Gasteiger partial charge in [-0.25, -0.2) is 0 Å². The van der Waals surface area contributed by atoms with Crippen molar-refractivity contribution in [2.24, 2.45) is 0 Å². The predicted octanol–water partition coefficient (Wildman–Crippen LogP) is 7.04. The lowest BCUT2D eigenvalue weighted by Crippen LogP contribution is -2.03. The second-order valence-electron chi connectivity index (χ2n) is 8.15. The van der Waals surface area contributed by atoms with Gasteiger partial charge in [0.2, 0.25) is 0 Å². The zero-order valence-electron chi connectivity index (χ0n) is 15.5. The first kappa shape index (κ1) is 14.7. The molecule has 0 bridgehead atoms. The Morgan fingerprint density at radius 3 is 2.39 bits per heavy atom. The molecule has 0 amide bonds. The molecule has 0 spiro atoms. The summed E-state index contributed by atoms with van der Waals surface area (Å²) in [5.74, 6) is 1.35. The molecule has 1 fully saturated rings. The van der Waals surface area contributed by atoms with Crippen molar-refractivity contribution in [3.8, 4) is 16.9 Å². The third-order valence-corrected chi connectivity index (χ3v) is 6.69. The maximum absolute atomic E-state index is 2.50. The fourth-order valence-electron chi connectivity index (χ4n) is 5.45. The number of fused-ring (bicyclic) bond motifs is 10. The minimum Gasteiger partial charge on any atom is -0.309 e. The quantitative estimate of drug-likeness (QED) is 0.303. The van der Waals surface area contributed by atoms with E-state index in [-0.39, 0.29) is 0 Å². The predicted molar refractivity (Wildman–Crippen MR) is 116 cm³/mol. The number of hydrogen-bond acceptors (Lipinski definition) is 0. The second-order valence-corrected chi connectivity index (χ2v) is 8.15. The SMILES string of the molecule is c1ccc(-n2c3c(c4c5ccccc5ccc42)C2CC2c2ccccc2-3)cc1. The number of aromatic nitrogens is 1. The highest BCUT2D eigenvalue weighted by atomic mass is 15.0. The largest absolute Gasteiger partial charge is 0.309 e. The van der Waals surface area contributed by atoms with Crippen LogP contribution in [0.1, 0.15) is 29.4 Å². The first-order valence-electron chi connectivity index (χ1n) is 10.1. The Kier molecular flexibility index (Phi) is 2.70. The van der Waals surface area contributed by atoms with Gasteiger partial charge in [0.1, 0.15) is 0 Å². The molecule has 2 atom stereocenters. The van der Waals surface area contributed by atoms with Gasteiger partial charge in [-0.15, -0.1) is 0 Å². The van der Waals surface area contributed by atoms with Crippen molar-refractivity contribution >= 4 is 21.7 Å². The van der Waals surface area contributed by atoms with Crippen molar-refractivity contribution in [2.45, 2.75) is 18.3 Å². The van der Waals surface area contributed by atoms with Gasteiger partial charge < -0.3 is 4.57 Å². The van der Waals surface area contributed by atoms with E-state index < -0.39 is 0 Å². The maximum Gasteiger partial charge on any atom is 0.0579 e. The van der Waals surface area contributed by atoms with Gasteiger partial charge in [0, 0.05) is 16.6 Å². The molecule has 2 aliphatic carbocycles. The van der Waals surface area contributed by atoms with E-state index in [1.165, 1.54) is 50.6 Å². The van der Waals surface area contributed by atoms with Crippen molar-refractivity contribution in [1.29, 1.82) is 0 Å². The van der Waals surface area contributed by atoms with Gasteiger partial charge in [0.25, 0.3) is 0 Å². The topological polar surface area (TPSA) is 4.93 Å². The van der Waals surface area contributed by atoms with Gasteiger partial charge in [0.05, 0.1) is 11.2 Å². The maximum atomic E-state index is 2.50. The standard InChI is InChI=1S/C27H19N/c1-2-9-18(10-3-1)28-24-15-14-17-8-4-5-11-19(17)25(24)26-23-16-22(23)20-12-6-7-13-21(20)27(26)28/h1-15,22-23H,16H2. The highest BCUT2D eigenvalue weighted by Gasteiger charge is 2.48. The number of nitrogens with zero attached hydrogens (tertiary/aromatic N) is 1. The summed E-state index contributed by atoms with van der Waals surface area (Å²) in [4.78, 5) is 0.